The average Bonchev–Trinajstić information content (AvgIpc) is 2.54. The van der Waals surface area contributed by atoms with Crippen molar-refractivity contribution in [1.29, 1.82) is 0 Å². The monoisotopic (exact) mass is 296 g/mol. The van der Waals surface area contributed by atoms with Gasteiger partial charge < -0.3 is 10.1 Å². The number of hydrogen-bond acceptors (Lipinski definition) is 3. The van der Waals surface area contributed by atoms with Crippen molar-refractivity contribution in [3.05, 3.63) is 0 Å². The summed E-state index contributed by atoms with van der Waals surface area (Å²) < 4.78 is 5.52. The van der Waals surface area contributed by atoms with Crippen molar-refractivity contribution in [2.75, 3.05) is 32.8 Å². The molecule has 3 nitrogen and oxygen atoms in total. The van der Waals surface area contributed by atoms with Gasteiger partial charge in [0.25, 0.3) is 0 Å². The molecule has 2 rings (SSSR count). The molecule has 0 amide bonds. The number of rotatable bonds is 8. The molecule has 0 radical (unpaired) electrons. The van der Waals surface area contributed by atoms with Crippen LogP contribution in [0.1, 0.15) is 65.2 Å². The van der Waals surface area contributed by atoms with Crippen molar-refractivity contribution in [3.8, 4) is 0 Å². The molecule has 0 aromatic carbocycles. The Kier molecular flexibility index (Phi) is 8.05. The second-order valence-electron chi connectivity index (χ2n) is 6.90. The fourth-order valence-electron chi connectivity index (χ4n) is 4.14. The predicted octanol–water partition coefficient (Wildman–Crippen LogP) is 3.44. The SMILES string of the molecule is CCCC1CNC(C2CCCCC2)CN1CCCOCC. The van der Waals surface area contributed by atoms with Crippen molar-refractivity contribution in [2.24, 2.45) is 5.92 Å². The zero-order valence-corrected chi connectivity index (χ0v) is 14.3. The molecule has 2 atom stereocenters. The zero-order chi connectivity index (χ0) is 14.9. The largest absolute Gasteiger partial charge is 0.382 e. The summed E-state index contributed by atoms with van der Waals surface area (Å²) in [7, 11) is 0. The maximum absolute atomic E-state index is 5.52. The van der Waals surface area contributed by atoms with E-state index in [9.17, 15) is 0 Å². The van der Waals surface area contributed by atoms with Gasteiger partial charge in [0, 0.05) is 44.9 Å². The lowest BCUT2D eigenvalue weighted by atomic mass is 9.82. The van der Waals surface area contributed by atoms with Gasteiger partial charge in [0.1, 0.15) is 0 Å². The first kappa shape index (κ1) is 17.2. The highest BCUT2D eigenvalue weighted by Gasteiger charge is 2.31. The summed E-state index contributed by atoms with van der Waals surface area (Å²) in [4.78, 5) is 2.76. The Bertz CT molecular complexity index is 266. The fourth-order valence-corrected chi connectivity index (χ4v) is 4.14. The molecule has 0 spiro atoms. The Labute approximate surface area is 131 Å². The molecule has 2 fully saturated rings. The average molecular weight is 296 g/mol. The summed E-state index contributed by atoms with van der Waals surface area (Å²) in [5.74, 6) is 0.927. The first-order valence-electron chi connectivity index (χ1n) is 9.40. The second kappa shape index (κ2) is 9.81. The third-order valence-electron chi connectivity index (χ3n) is 5.34. The van der Waals surface area contributed by atoms with Gasteiger partial charge in [0.05, 0.1) is 0 Å². The lowest BCUT2D eigenvalue weighted by molar-refractivity contribution is 0.0742. The third-order valence-corrected chi connectivity index (χ3v) is 5.34. The van der Waals surface area contributed by atoms with Crippen molar-refractivity contribution >= 4 is 0 Å². The lowest BCUT2D eigenvalue weighted by Gasteiger charge is -2.44. The van der Waals surface area contributed by atoms with Gasteiger partial charge in [-0.2, -0.15) is 0 Å². The van der Waals surface area contributed by atoms with E-state index < -0.39 is 0 Å². The minimum atomic E-state index is 0.741. The minimum Gasteiger partial charge on any atom is -0.382 e. The molecule has 1 saturated carbocycles. The van der Waals surface area contributed by atoms with Crippen LogP contribution in [-0.4, -0.2) is 49.8 Å². The Morgan fingerprint density at radius 3 is 2.67 bits per heavy atom. The Hall–Kier alpha value is -0.120. The smallest absolute Gasteiger partial charge is 0.0478 e. The van der Waals surface area contributed by atoms with E-state index in [-0.39, 0.29) is 0 Å². The van der Waals surface area contributed by atoms with Crippen LogP contribution in [0.25, 0.3) is 0 Å². The highest BCUT2D eigenvalue weighted by Crippen LogP contribution is 2.29. The lowest BCUT2D eigenvalue weighted by Crippen LogP contribution is -2.59. The van der Waals surface area contributed by atoms with E-state index in [0.29, 0.717) is 0 Å². The maximum atomic E-state index is 5.52. The molecular weight excluding hydrogens is 260 g/mol. The van der Waals surface area contributed by atoms with Gasteiger partial charge in [-0.3, -0.25) is 4.90 Å². The second-order valence-corrected chi connectivity index (χ2v) is 6.90. The van der Waals surface area contributed by atoms with E-state index in [1.807, 2.05) is 0 Å². The first-order chi connectivity index (χ1) is 10.3. The van der Waals surface area contributed by atoms with Crippen molar-refractivity contribution in [2.45, 2.75) is 77.3 Å². The number of nitrogens with zero attached hydrogens (tertiary/aromatic N) is 1. The molecule has 124 valence electrons. The van der Waals surface area contributed by atoms with Crippen LogP contribution in [0.4, 0.5) is 0 Å². The molecule has 2 unspecified atom stereocenters. The molecule has 1 aliphatic carbocycles. The van der Waals surface area contributed by atoms with Crippen LogP contribution in [0.2, 0.25) is 0 Å². The normalized spacial score (nSPS) is 28.9. The van der Waals surface area contributed by atoms with Gasteiger partial charge >= 0.3 is 0 Å². The van der Waals surface area contributed by atoms with E-state index in [4.69, 9.17) is 4.74 Å². The molecule has 0 aromatic heterocycles. The standard InChI is InChI=1S/C18H36N2O/c1-3-9-17-14-19-18(16-10-6-5-7-11-16)15-20(17)12-8-13-21-4-2/h16-19H,3-15H2,1-2H3. The van der Waals surface area contributed by atoms with Gasteiger partial charge in [-0.15, -0.1) is 0 Å². The molecule has 1 aliphatic heterocycles. The molecule has 2 aliphatic rings. The van der Waals surface area contributed by atoms with Crippen LogP contribution in [0, 0.1) is 5.92 Å². The highest BCUT2D eigenvalue weighted by atomic mass is 16.5. The number of hydrogen-bond donors (Lipinski definition) is 1. The molecular formula is C18H36N2O. The molecule has 3 heteroatoms. The van der Waals surface area contributed by atoms with E-state index in [1.54, 1.807) is 0 Å². The van der Waals surface area contributed by atoms with Crippen molar-refractivity contribution in [3.63, 3.8) is 0 Å². The topological polar surface area (TPSA) is 24.5 Å². The van der Waals surface area contributed by atoms with Crippen LogP contribution < -0.4 is 5.32 Å². The van der Waals surface area contributed by atoms with Gasteiger partial charge in [-0.05, 0) is 38.5 Å². The highest BCUT2D eigenvalue weighted by molar-refractivity contribution is 4.90. The minimum absolute atomic E-state index is 0.741. The van der Waals surface area contributed by atoms with Crippen LogP contribution in [0.3, 0.4) is 0 Å². The van der Waals surface area contributed by atoms with E-state index >= 15 is 0 Å². The van der Waals surface area contributed by atoms with Gasteiger partial charge in [-0.1, -0.05) is 32.6 Å². The number of piperazine rings is 1. The Morgan fingerprint density at radius 1 is 1.14 bits per heavy atom. The summed E-state index contributed by atoms with van der Waals surface area (Å²) in [5, 5.41) is 3.88. The van der Waals surface area contributed by atoms with Crippen LogP contribution in [-0.2, 0) is 4.74 Å². The third kappa shape index (κ3) is 5.54. The first-order valence-corrected chi connectivity index (χ1v) is 9.40. The molecule has 1 saturated heterocycles. The zero-order valence-electron chi connectivity index (χ0n) is 14.3. The fraction of sp³-hybridized carbons (Fsp3) is 1.00. The quantitative estimate of drug-likeness (QED) is 0.695. The Balaban J connectivity index is 1.81. The predicted molar refractivity (Wildman–Crippen MR) is 89.7 cm³/mol. The molecule has 1 heterocycles. The summed E-state index contributed by atoms with van der Waals surface area (Å²) in [6, 6.07) is 1.49. The maximum Gasteiger partial charge on any atom is 0.0478 e. The van der Waals surface area contributed by atoms with E-state index in [2.05, 4.69) is 24.1 Å². The summed E-state index contributed by atoms with van der Waals surface area (Å²) >= 11 is 0. The summed E-state index contributed by atoms with van der Waals surface area (Å²) in [6.07, 6.45) is 11.1. The number of nitrogens with one attached hydrogen (secondary N) is 1. The summed E-state index contributed by atoms with van der Waals surface area (Å²) in [6.45, 7) is 9.86. The molecule has 0 bridgehead atoms. The van der Waals surface area contributed by atoms with Crippen molar-refractivity contribution < 1.29 is 4.74 Å². The molecule has 0 aromatic rings. The summed E-state index contributed by atoms with van der Waals surface area (Å²) in [5.41, 5.74) is 0. The van der Waals surface area contributed by atoms with Gasteiger partial charge in [0.15, 0.2) is 0 Å². The Morgan fingerprint density at radius 2 is 1.95 bits per heavy atom. The van der Waals surface area contributed by atoms with Crippen LogP contribution in [0.15, 0.2) is 0 Å². The van der Waals surface area contributed by atoms with Gasteiger partial charge in [0.2, 0.25) is 0 Å². The molecule has 1 N–H and O–H groups in total. The number of ether oxygens (including phenoxy) is 1. The van der Waals surface area contributed by atoms with Crippen LogP contribution in [0.5, 0.6) is 0 Å². The van der Waals surface area contributed by atoms with Crippen LogP contribution >= 0.6 is 0 Å². The van der Waals surface area contributed by atoms with Crippen molar-refractivity contribution in [1.82, 2.24) is 10.2 Å². The van der Waals surface area contributed by atoms with E-state index in [0.717, 1.165) is 31.2 Å². The molecule has 21 heavy (non-hydrogen) atoms. The van der Waals surface area contributed by atoms with Gasteiger partial charge in [-0.25, -0.2) is 0 Å². The van der Waals surface area contributed by atoms with E-state index in [1.165, 1.54) is 71.0 Å².